The molecule has 17 heavy (non-hydrogen) atoms. The highest BCUT2D eigenvalue weighted by atomic mass is 32.1. The summed E-state index contributed by atoms with van der Waals surface area (Å²) in [6, 6.07) is 1.42. The summed E-state index contributed by atoms with van der Waals surface area (Å²) in [5.74, 6) is 0.502. The third kappa shape index (κ3) is 3.56. The minimum absolute atomic E-state index is 0.179. The summed E-state index contributed by atoms with van der Waals surface area (Å²) < 4.78 is 5.21. The second-order valence-corrected chi connectivity index (χ2v) is 4.30. The monoisotopic (exact) mass is 254 g/mol. The van der Waals surface area contributed by atoms with E-state index in [1.54, 1.807) is 6.07 Å². The maximum atomic E-state index is 12.0. The Labute approximate surface area is 107 Å². The normalized spacial score (nSPS) is 12.1. The molecule has 94 valence electrons. The van der Waals surface area contributed by atoms with Crippen LogP contribution in [0.3, 0.4) is 0 Å². The molecule has 1 aromatic heterocycles. The Morgan fingerprint density at radius 3 is 2.82 bits per heavy atom. The van der Waals surface area contributed by atoms with Crippen LogP contribution >= 0.6 is 12.2 Å². The number of carbonyl (C=O) groups excluding carboxylic acids is 1. The first-order valence-electron chi connectivity index (χ1n) is 5.76. The van der Waals surface area contributed by atoms with Gasteiger partial charge in [0.05, 0.1) is 22.9 Å². The first-order chi connectivity index (χ1) is 8.10. The Balaban J connectivity index is 2.73. The maximum Gasteiger partial charge on any atom is 0.255 e. The summed E-state index contributed by atoms with van der Waals surface area (Å²) in [7, 11) is 0. The van der Waals surface area contributed by atoms with Crippen LogP contribution in [0.5, 0.6) is 0 Å². The summed E-state index contributed by atoms with van der Waals surface area (Å²) >= 11 is 4.93. The topological polar surface area (TPSA) is 68.3 Å². The zero-order chi connectivity index (χ0) is 12.8. The van der Waals surface area contributed by atoms with Gasteiger partial charge in [0.1, 0.15) is 5.76 Å². The second-order valence-electron chi connectivity index (χ2n) is 3.83. The van der Waals surface area contributed by atoms with Crippen molar-refractivity contribution >= 4 is 23.1 Å². The van der Waals surface area contributed by atoms with E-state index in [1.807, 2.05) is 13.8 Å². The predicted octanol–water partition coefficient (Wildman–Crippen LogP) is 2.03. The van der Waals surface area contributed by atoms with Crippen LogP contribution in [-0.2, 0) is 6.42 Å². The van der Waals surface area contributed by atoms with Crippen molar-refractivity contribution in [3.63, 3.8) is 0 Å². The van der Waals surface area contributed by atoms with Crippen molar-refractivity contribution in [1.29, 1.82) is 0 Å². The molecule has 1 heterocycles. The third-order valence-electron chi connectivity index (χ3n) is 2.54. The molecule has 0 aliphatic carbocycles. The maximum absolute atomic E-state index is 12.0. The Kier molecular flexibility index (Phi) is 5.15. The zero-order valence-electron chi connectivity index (χ0n) is 10.2. The van der Waals surface area contributed by atoms with Gasteiger partial charge in [-0.25, -0.2) is 0 Å². The Bertz CT molecular complexity index is 401. The molecule has 0 saturated carbocycles. The quantitative estimate of drug-likeness (QED) is 0.762. The minimum Gasteiger partial charge on any atom is -0.469 e. The molecule has 4 nitrogen and oxygen atoms in total. The molecule has 5 heteroatoms. The fourth-order valence-corrected chi connectivity index (χ4v) is 1.80. The lowest BCUT2D eigenvalue weighted by Crippen LogP contribution is -2.43. The van der Waals surface area contributed by atoms with Crippen LogP contribution < -0.4 is 11.1 Å². The van der Waals surface area contributed by atoms with Gasteiger partial charge in [-0.15, -0.1) is 0 Å². The molecule has 0 bridgehead atoms. The van der Waals surface area contributed by atoms with E-state index < -0.39 is 0 Å². The van der Waals surface area contributed by atoms with Crippen LogP contribution in [0, 0.1) is 0 Å². The standard InChI is InChI=1S/C12H18N2O2S/c1-3-5-9(11(13)17)14-12(15)8-6-7-16-10(8)4-2/h6-7,9H,3-5H2,1-2H3,(H2,13,17)(H,14,15). The van der Waals surface area contributed by atoms with Crippen molar-refractivity contribution in [2.24, 2.45) is 5.73 Å². The van der Waals surface area contributed by atoms with Gasteiger partial charge < -0.3 is 15.5 Å². The van der Waals surface area contributed by atoms with Gasteiger partial charge in [0, 0.05) is 6.42 Å². The number of furan rings is 1. The molecular formula is C12H18N2O2S. The lowest BCUT2D eigenvalue weighted by molar-refractivity contribution is 0.0943. The molecule has 0 aliphatic heterocycles. The summed E-state index contributed by atoms with van der Waals surface area (Å²) in [6.45, 7) is 3.96. The fraction of sp³-hybridized carbons (Fsp3) is 0.500. The van der Waals surface area contributed by atoms with Crippen LogP contribution in [0.25, 0.3) is 0 Å². The van der Waals surface area contributed by atoms with Gasteiger partial charge in [-0.1, -0.05) is 32.5 Å². The molecule has 3 N–H and O–H groups in total. The van der Waals surface area contributed by atoms with E-state index in [9.17, 15) is 4.79 Å². The lowest BCUT2D eigenvalue weighted by Gasteiger charge is -2.16. The average molecular weight is 254 g/mol. The van der Waals surface area contributed by atoms with Gasteiger partial charge in [-0.05, 0) is 12.5 Å². The molecule has 0 saturated heterocycles. The molecule has 0 spiro atoms. The van der Waals surface area contributed by atoms with Gasteiger partial charge in [-0.2, -0.15) is 0 Å². The molecule has 1 aromatic rings. The number of amides is 1. The van der Waals surface area contributed by atoms with Crippen LogP contribution in [-0.4, -0.2) is 16.9 Å². The first-order valence-corrected chi connectivity index (χ1v) is 6.17. The molecule has 0 aromatic carbocycles. The highest BCUT2D eigenvalue weighted by Crippen LogP contribution is 2.11. The van der Waals surface area contributed by atoms with Crippen LogP contribution in [0.15, 0.2) is 16.7 Å². The smallest absolute Gasteiger partial charge is 0.255 e. The van der Waals surface area contributed by atoms with Crippen molar-refractivity contribution in [2.75, 3.05) is 0 Å². The van der Waals surface area contributed by atoms with Gasteiger partial charge in [-0.3, -0.25) is 4.79 Å². The first kappa shape index (κ1) is 13.7. The van der Waals surface area contributed by atoms with Crippen molar-refractivity contribution in [3.05, 3.63) is 23.7 Å². The number of rotatable bonds is 6. The molecule has 1 rings (SSSR count). The Morgan fingerprint density at radius 2 is 2.29 bits per heavy atom. The van der Waals surface area contributed by atoms with Crippen molar-refractivity contribution in [2.45, 2.75) is 39.2 Å². The van der Waals surface area contributed by atoms with Crippen LogP contribution in [0.1, 0.15) is 42.8 Å². The highest BCUT2D eigenvalue weighted by molar-refractivity contribution is 7.80. The predicted molar refractivity (Wildman–Crippen MR) is 71.0 cm³/mol. The molecule has 0 radical (unpaired) electrons. The summed E-state index contributed by atoms with van der Waals surface area (Å²) in [4.78, 5) is 12.3. The largest absolute Gasteiger partial charge is 0.469 e. The van der Waals surface area contributed by atoms with E-state index in [0.29, 0.717) is 22.7 Å². The number of nitrogens with two attached hydrogens (primary N) is 1. The zero-order valence-corrected chi connectivity index (χ0v) is 11.0. The van der Waals surface area contributed by atoms with E-state index in [1.165, 1.54) is 6.26 Å². The number of thiocarbonyl (C=S) groups is 1. The Hall–Kier alpha value is -1.36. The Morgan fingerprint density at radius 1 is 1.59 bits per heavy atom. The molecule has 0 aliphatic rings. The van der Waals surface area contributed by atoms with Crippen LogP contribution in [0.2, 0.25) is 0 Å². The number of hydrogen-bond donors (Lipinski definition) is 2. The molecule has 1 atom stereocenters. The van der Waals surface area contributed by atoms with Crippen molar-refractivity contribution < 1.29 is 9.21 Å². The van der Waals surface area contributed by atoms with Gasteiger partial charge >= 0.3 is 0 Å². The lowest BCUT2D eigenvalue weighted by atomic mass is 10.1. The third-order valence-corrected chi connectivity index (χ3v) is 2.82. The van der Waals surface area contributed by atoms with Crippen LogP contribution in [0.4, 0.5) is 0 Å². The number of carbonyl (C=O) groups is 1. The SMILES string of the molecule is CCCC(NC(=O)c1ccoc1CC)C(N)=S. The van der Waals surface area contributed by atoms with E-state index in [-0.39, 0.29) is 11.9 Å². The average Bonchev–Trinajstić information content (AvgIpc) is 2.76. The molecule has 1 unspecified atom stereocenters. The van der Waals surface area contributed by atoms with Gasteiger partial charge in [0.15, 0.2) is 0 Å². The summed E-state index contributed by atoms with van der Waals surface area (Å²) in [5, 5.41) is 2.83. The molecule has 0 fully saturated rings. The number of nitrogens with one attached hydrogen (secondary N) is 1. The summed E-state index contributed by atoms with van der Waals surface area (Å²) in [6.07, 6.45) is 3.86. The minimum atomic E-state index is -0.248. The van der Waals surface area contributed by atoms with Crippen molar-refractivity contribution in [1.82, 2.24) is 5.32 Å². The van der Waals surface area contributed by atoms with E-state index in [0.717, 1.165) is 12.8 Å². The van der Waals surface area contributed by atoms with Crippen molar-refractivity contribution in [3.8, 4) is 0 Å². The van der Waals surface area contributed by atoms with E-state index in [2.05, 4.69) is 5.32 Å². The number of aryl methyl sites for hydroxylation is 1. The van der Waals surface area contributed by atoms with Gasteiger partial charge in [0.25, 0.3) is 5.91 Å². The van der Waals surface area contributed by atoms with E-state index >= 15 is 0 Å². The highest BCUT2D eigenvalue weighted by Gasteiger charge is 2.18. The fourth-order valence-electron chi connectivity index (χ4n) is 1.63. The second kappa shape index (κ2) is 6.39. The number of hydrogen-bond acceptors (Lipinski definition) is 3. The van der Waals surface area contributed by atoms with Gasteiger partial charge in [0.2, 0.25) is 0 Å². The molecule has 1 amide bonds. The summed E-state index contributed by atoms with van der Waals surface area (Å²) in [5.41, 5.74) is 6.15. The van der Waals surface area contributed by atoms with E-state index in [4.69, 9.17) is 22.4 Å². The molecular weight excluding hydrogens is 236 g/mol.